The average molecular weight is 377 g/mol. The Bertz CT molecular complexity index is 758. The minimum absolute atomic E-state index is 0.0740. The van der Waals surface area contributed by atoms with Crippen LogP contribution in [-0.4, -0.2) is 46.1 Å². The number of aromatic nitrogens is 3. The number of carbonyl (C=O) groups excluding carboxylic acids is 2. The van der Waals surface area contributed by atoms with Crippen molar-refractivity contribution >= 4 is 23.7 Å². The van der Waals surface area contributed by atoms with Gasteiger partial charge in [0, 0.05) is 18.2 Å². The van der Waals surface area contributed by atoms with Crippen LogP contribution in [0.3, 0.4) is 0 Å². The van der Waals surface area contributed by atoms with E-state index in [9.17, 15) is 9.59 Å². The van der Waals surface area contributed by atoms with Crippen LogP contribution >= 0.6 is 11.8 Å². The summed E-state index contributed by atoms with van der Waals surface area (Å²) in [5.41, 5.74) is 0.908. The highest BCUT2D eigenvalue weighted by Gasteiger charge is 2.18. The molecule has 0 aliphatic heterocycles. The van der Waals surface area contributed by atoms with E-state index >= 15 is 0 Å². The van der Waals surface area contributed by atoms with Crippen molar-refractivity contribution in [2.45, 2.75) is 32.0 Å². The molecule has 0 bridgehead atoms. The van der Waals surface area contributed by atoms with Gasteiger partial charge < -0.3 is 10.1 Å². The Kier molecular flexibility index (Phi) is 7.02. The maximum Gasteiger partial charge on any atom is 0.321 e. The van der Waals surface area contributed by atoms with Crippen LogP contribution in [-0.2, 0) is 4.79 Å². The predicted octanol–water partition coefficient (Wildman–Crippen LogP) is 2.47. The molecule has 3 amide bonds. The number of nitrogens with zero attached hydrogens (tertiary/aromatic N) is 3. The second-order valence-corrected chi connectivity index (χ2v) is 6.64. The number of thioether (sulfide) groups is 1. The Hall–Kier alpha value is -2.55. The summed E-state index contributed by atoms with van der Waals surface area (Å²) in [5, 5.41) is 13.9. The van der Waals surface area contributed by atoms with Crippen LogP contribution in [0.4, 0.5) is 4.79 Å². The number of carbonyl (C=O) groups is 2. The number of methoxy groups -OCH3 is 1. The zero-order chi connectivity index (χ0) is 19.1. The molecule has 0 atom stereocenters. The summed E-state index contributed by atoms with van der Waals surface area (Å²) in [5.74, 6) is 1.17. The molecule has 9 heteroatoms. The number of hydrogen-bond acceptors (Lipinski definition) is 6. The molecule has 0 saturated carbocycles. The molecule has 0 saturated heterocycles. The number of hydrogen-bond donors (Lipinski definition) is 2. The van der Waals surface area contributed by atoms with Crippen LogP contribution in [0.2, 0.25) is 0 Å². The largest absolute Gasteiger partial charge is 0.497 e. The molecule has 0 aliphatic carbocycles. The van der Waals surface area contributed by atoms with Crippen molar-refractivity contribution in [3.8, 4) is 17.1 Å². The van der Waals surface area contributed by atoms with Gasteiger partial charge in [-0.3, -0.25) is 14.7 Å². The minimum Gasteiger partial charge on any atom is -0.497 e. The molecular weight excluding hydrogens is 354 g/mol. The Morgan fingerprint density at radius 3 is 2.50 bits per heavy atom. The first-order valence-electron chi connectivity index (χ1n) is 8.26. The Morgan fingerprint density at radius 2 is 1.92 bits per heavy atom. The number of ether oxygens (including phenoxy) is 1. The molecule has 0 unspecified atom stereocenters. The summed E-state index contributed by atoms with van der Waals surface area (Å²) >= 11 is 1.24. The van der Waals surface area contributed by atoms with Gasteiger partial charge in [-0.25, -0.2) is 4.79 Å². The smallest absolute Gasteiger partial charge is 0.321 e. The van der Waals surface area contributed by atoms with Gasteiger partial charge in [-0.1, -0.05) is 11.8 Å². The zero-order valence-corrected chi connectivity index (χ0v) is 16.1. The molecule has 1 aromatic carbocycles. The third-order valence-electron chi connectivity index (χ3n) is 3.45. The van der Waals surface area contributed by atoms with Crippen LogP contribution in [0.5, 0.6) is 5.75 Å². The fourth-order valence-electron chi connectivity index (χ4n) is 2.28. The van der Waals surface area contributed by atoms with Crippen molar-refractivity contribution < 1.29 is 14.3 Å². The average Bonchev–Trinajstić information content (AvgIpc) is 3.04. The van der Waals surface area contributed by atoms with E-state index in [0.717, 1.165) is 11.3 Å². The Balaban J connectivity index is 2.13. The summed E-state index contributed by atoms with van der Waals surface area (Å²) in [4.78, 5) is 23.3. The highest BCUT2D eigenvalue weighted by Crippen LogP contribution is 2.28. The summed E-state index contributed by atoms with van der Waals surface area (Å²) in [6.07, 6.45) is 0. The van der Waals surface area contributed by atoms with Gasteiger partial charge in [0.05, 0.1) is 12.9 Å². The van der Waals surface area contributed by atoms with Gasteiger partial charge in [0.25, 0.3) is 0 Å². The van der Waals surface area contributed by atoms with E-state index in [0.29, 0.717) is 17.5 Å². The van der Waals surface area contributed by atoms with Crippen molar-refractivity contribution in [1.29, 1.82) is 0 Å². The minimum atomic E-state index is -0.498. The van der Waals surface area contributed by atoms with Crippen molar-refractivity contribution in [3.05, 3.63) is 24.3 Å². The molecule has 0 fully saturated rings. The number of amides is 3. The Labute approximate surface area is 156 Å². The number of urea groups is 1. The second kappa shape index (κ2) is 9.23. The molecule has 140 valence electrons. The molecule has 2 rings (SSSR count). The first-order valence-corrected chi connectivity index (χ1v) is 9.24. The molecule has 8 nitrogen and oxygen atoms in total. The molecule has 0 radical (unpaired) electrons. The lowest BCUT2D eigenvalue weighted by molar-refractivity contribution is -0.117. The van der Waals surface area contributed by atoms with E-state index in [1.54, 1.807) is 14.0 Å². The van der Waals surface area contributed by atoms with Gasteiger partial charge in [-0.2, -0.15) is 0 Å². The van der Waals surface area contributed by atoms with Crippen molar-refractivity contribution in [1.82, 2.24) is 25.4 Å². The van der Waals surface area contributed by atoms with Crippen LogP contribution in [0.15, 0.2) is 29.4 Å². The first-order chi connectivity index (χ1) is 12.5. The lowest BCUT2D eigenvalue weighted by atomic mass is 10.2. The number of nitrogens with one attached hydrogen (secondary N) is 2. The van der Waals surface area contributed by atoms with E-state index in [1.807, 2.05) is 42.7 Å². The lowest BCUT2D eigenvalue weighted by Gasteiger charge is -2.14. The molecule has 26 heavy (non-hydrogen) atoms. The fourth-order valence-corrected chi connectivity index (χ4v) is 3.14. The van der Waals surface area contributed by atoms with Gasteiger partial charge >= 0.3 is 6.03 Å². The van der Waals surface area contributed by atoms with E-state index in [1.165, 1.54) is 11.8 Å². The van der Waals surface area contributed by atoms with Crippen LogP contribution in [0.1, 0.15) is 26.8 Å². The van der Waals surface area contributed by atoms with Crippen LogP contribution in [0.25, 0.3) is 11.4 Å². The lowest BCUT2D eigenvalue weighted by Crippen LogP contribution is -2.40. The maximum atomic E-state index is 11.9. The fraction of sp³-hybridized carbons (Fsp3) is 0.412. The predicted molar refractivity (Wildman–Crippen MR) is 100 cm³/mol. The molecular formula is C17H23N5O3S. The summed E-state index contributed by atoms with van der Waals surface area (Å²) in [6, 6.07) is 7.16. The van der Waals surface area contributed by atoms with E-state index < -0.39 is 6.03 Å². The summed E-state index contributed by atoms with van der Waals surface area (Å²) in [7, 11) is 1.62. The molecule has 2 aromatic rings. The van der Waals surface area contributed by atoms with Gasteiger partial charge in [0.1, 0.15) is 5.75 Å². The normalized spacial score (nSPS) is 10.7. The number of benzene rings is 1. The van der Waals surface area contributed by atoms with Gasteiger partial charge in [-0.05, 0) is 45.0 Å². The molecule has 0 spiro atoms. The molecule has 0 aliphatic rings. The SMILES string of the molecule is CCNC(=O)NC(=O)CSc1nnc(-c2ccc(OC)cc2)n1C(C)C. The first kappa shape index (κ1) is 19.8. The molecule has 1 aromatic heterocycles. The summed E-state index contributed by atoms with van der Waals surface area (Å²) in [6.45, 7) is 6.29. The van der Waals surface area contributed by atoms with Gasteiger partial charge in [-0.15, -0.1) is 10.2 Å². The van der Waals surface area contributed by atoms with Crippen molar-refractivity contribution in [2.24, 2.45) is 0 Å². The van der Waals surface area contributed by atoms with Gasteiger partial charge in [0.2, 0.25) is 5.91 Å². The van der Waals surface area contributed by atoms with Gasteiger partial charge in [0.15, 0.2) is 11.0 Å². The third-order valence-corrected chi connectivity index (χ3v) is 4.39. The standard InChI is InChI=1S/C17H23N5O3S/c1-5-18-16(24)19-14(23)10-26-17-21-20-15(22(17)11(2)3)12-6-8-13(25-4)9-7-12/h6-9,11H,5,10H2,1-4H3,(H2,18,19,23,24). The third kappa shape index (κ3) is 4.98. The topological polar surface area (TPSA) is 98.1 Å². The number of imide groups is 1. The van der Waals surface area contributed by atoms with E-state index in [4.69, 9.17) is 4.74 Å². The maximum absolute atomic E-state index is 11.9. The van der Waals surface area contributed by atoms with Crippen LogP contribution in [0, 0.1) is 0 Å². The molecule has 2 N–H and O–H groups in total. The number of rotatable bonds is 7. The monoisotopic (exact) mass is 377 g/mol. The van der Waals surface area contributed by atoms with E-state index in [2.05, 4.69) is 20.8 Å². The summed E-state index contributed by atoms with van der Waals surface area (Å²) < 4.78 is 7.14. The molecule has 1 heterocycles. The highest BCUT2D eigenvalue weighted by atomic mass is 32.2. The van der Waals surface area contributed by atoms with Crippen LogP contribution < -0.4 is 15.4 Å². The second-order valence-electron chi connectivity index (χ2n) is 5.69. The zero-order valence-electron chi connectivity index (χ0n) is 15.3. The highest BCUT2D eigenvalue weighted by molar-refractivity contribution is 7.99. The van der Waals surface area contributed by atoms with Crippen molar-refractivity contribution in [3.63, 3.8) is 0 Å². The van der Waals surface area contributed by atoms with E-state index in [-0.39, 0.29) is 17.7 Å². The van der Waals surface area contributed by atoms with Crippen molar-refractivity contribution in [2.75, 3.05) is 19.4 Å². The Morgan fingerprint density at radius 1 is 1.23 bits per heavy atom. The quantitative estimate of drug-likeness (QED) is 0.720.